The van der Waals surface area contributed by atoms with Gasteiger partial charge < -0.3 is 11.1 Å². The standard InChI is InChI=1S/C15H19N5.HI/c16-15(19-14-6-7-14)17-8-13-9-18-20(11-13)10-12-4-2-1-3-5-12;/h1-5,9,11,14H,6-8,10H2,(H3,16,17,19);1H. The lowest BCUT2D eigenvalue weighted by molar-refractivity contribution is 0.686. The number of nitrogens with one attached hydrogen (secondary N) is 1. The summed E-state index contributed by atoms with van der Waals surface area (Å²) < 4.78 is 1.92. The zero-order chi connectivity index (χ0) is 13.8. The molecule has 5 nitrogen and oxygen atoms in total. The van der Waals surface area contributed by atoms with Crippen molar-refractivity contribution in [3.8, 4) is 0 Å². The third-order valence-electron chi connectivity index (χ3n) is 3.24. The summed E-state index contributed by atoms with van der Waals surface area (Å²) in [4.78, 5) is 4.32. The summed E-state index contributed by atoms with van der Waals surface area (Å²) in [6.07, 6.45) is 6.26. The molecule has 0 radical (unpaired) electrons. The molecule has 1 aromatic carbocycles. The molecule has 1 heterocycles. The molecule has 6 heteroatoms. The van der Waals surface area contributed by atoms with Crippen LogP contribution in [-0.2, 0) is 13.1 Å². The van der Waals surface area contributed by atoms with Crippen LogP contribution in [-0.4, -0.2) is 21.8 Å². The number of benzene rings is 1. The van der Waals surface area contributed by atoms with E-state index in [0.717, 1.165) is 12.1 Å². The van der Waals surface area contributed by atoms with Crippen LogP contribution < -0.4 is 11.1 Å². The highest BCUT2D eigenvalue weighted by Crippen LogP contribution is 2.18. The largest absolute Gasteiger partial charge is 0.370 e. The van der Waals surface area contributed by atoms with Crippen molar-refractivity contribution >= 4 is 29.9 Å². The van der Waals surface area contributed by atoms with Gasteiger partial charge in [0.15, 0.2) is 5.96 Å². The Bertz CT molecular complexity index is 589. The number of hydrogen-bond donors (Lipinski definition) is 2. The lowest BCUT2D eigenvalue weighted by atomic mass is 10.2. The summed E-state index contributed by atoms with van der Waals surface area (Å²) in [6.45, 7) is 1.35. The summed E-state index contributed by atoms with van der Waals surface area (Å²) in [5.41, 5.74) is 8.11. The van der Waals surface area contributed by atoms with Crippen molar-refractivity contribution in [2.75, 3.05) is 0 Å². The molecule has 1 saturated carbocycles. The van der Waals surface area contributed by atoms with Gasteiger partial charge in [-0.2, -0.15) is 5.10 Å². The van der Waals surface area contributed by atoms with Crippen LogP contribution in [0, 0.1) is 0 Å². The molecule has 3 N–H and O–H groups in total. The van der Waals surface area contributed by atoms with Crippen LogP contribution in [0.5, 0.6) is 0 Å². The molecule has 21 heavy (non-hydrogen) atoms. The first-order chi connectivity index (χ1) is 9.79. The maximum atomic E-state index is 5.80. The van der Waals surface area contributed by atoms with Crippen molar-refractivity contribution < 1.29 is 0 Å². The van der Waals surface area contributed by atoms with Crippen LogP contribution in [0.4, 0.5) is 0 Å². The van der Waals surface area contributed by atoms with E-state index in [4.69, 9.17) is 5.73 Å². The van der Waals surface area contributed by atoms with E-state index in [1.807, 2.05) is 35.3 Å². The van der Waals surface area contributed by atoms with Gasteiger partial charge in [-0.05, 0) is 18.4 Å². The SMILES string of the molecule is I.NC(=NCc1cnn(Cc2ccccc2)c1)NC1CC1. The number of nitrogens with zero attached hydrogens (tertiary/aromatic N) is 3. The third kappa shape index (κ3) is 5.04. The monoisotopic (exact) mass is 397 g/mol. The summed E-state index contributed by atoms with van der Waals surface area (Å²) in [5.74, 6) is 0.531. The van der Waals surface area contributed by atoms with Gasteiger partial charge in [-0.25, -0.2) is 4.99 Å². The fourth-order valence-corrected chi connectivity index (χ4v) is 2.00. The lowest BCUT2D eigenvalue weighted by Gasteiger charge is -2.02. The summed E-state index contributed by atoms with van der Waals surface area (Å²) in [7, 11) is 0. The van der Waals surface area contributed by atoms with Crippen molar-refractivity contribution in [3.05, 3.63) is 53.9 Å². The highest BCUT2D eigenvalue weighted by atomic mass is 127. The number of aromatic nitrogens is 2. The average molecular weight is 397 g/mol. The Morgan fingerprint density at radius 3 is 2.76 bits per heavy atom. The number of hydrogen-bond acceptors (Lipinski definition) is 2. The Hall–Kier alpha value is -1.57. The Morgan fingerprint density at radius 2 is 2.05 bits per heavy atom. The second-order valence-electron chi connectivity index (χ2n) is 5.15. The highest BCUT2D eigenvalue weighted by molar-refractivity contribution is 14.0. The van der Waals surface area contributed by atoms with E-state index in [1.165, 1.54) is 18.4 Å². The summed E-state index contributed by atoms with van der Waals surface area (Å²) >= 11 is 0. The molecule has 0 atom stereocenters. The van der Waals surface area contributed by atoms with Crippen molar-refractivity contribution in [1.29, 1.82) is 0 Å². The van der Waals surface area contributed by atoms with Gasteiger partial charge in [-0.3, -0.25) is 4.68 Å². The topological polar surface area (TPSA) is 68.2 Å². The van der Waals surface area contributed by atoms with E-state index in [1.54, 1.807) is 0 Å². The van der Waals surface area contributed by atoms with Crippen molar-refractivity contribution in [2.24, 2.45) is 10.7 Å². The first-order valence-corrected chi connectivity index (χ1v) is 6.91. The highest BCUT2D eigenvalue weighted by Gasteiger charge is 2.21. The van der Waals surface area contributed by atoms with Crippen LogP contribution in [0.25, 0.3) is 0 Å². The van der Waals surface area contributed by atoms with Crippen molar-refractivity contribution in [2.45, 2.75) is 32.0 Å². The molecule has 0 spiro atoms. The van der Waals surface area contributed by atoms with E-state index in [0.29, 0.717) is 18.5 Å². The van der Waals surface area contributed by atoms with Gasteiger partial charge in [0.1, 0.15) is 0 Å². The predicted octanol–water partition coefficient (Wildman–Crippen LogP) is 2.12. The maximum Gasteiger partial charge on any atom is 0.189 e. The minimum atomic E-state index is 0. The van der Waals surface area contributed by atoms with Crippen LogP contribution in [0.15, 0.2) is 47.7 Å². The van der Waals surface area contributed by atoms with E-state index < -0.39 is 0 Å². The molecule has 3 rings (SSSR count). The van der Waals surface area contributed by atoms with Crippen LogP contribution >= 0.6 is 24.0 Å². The quantitative estimate of drug-likeness (QED) is 0.462. The molecule has 1 aliphatic carbocycles. The number of guanidine groups is 1. The zero-order valence-corrected chi connectivity index (χ0v) is 14.1. The summed E-state index contributed by atoms with van der Waals surface area (Å²) in [6, 6.07) is 10.8. The van der Waals surface area contributed by atoms with Gasteiger partial charge >= 0.3 is 0 Å². The van der Waals surface area contributed by atoms with E-state index >= 15 is 0 Å². The van der Waals surface area contributed by atoms with Gasteiger partial charge in [0.25, 0.3) is 0 Å². The first kappa shape index (κ1) is 15.8. The van der Waals surface area contributed by atoms with Crippen LogP contribution in [0.2, 0.25) is 0 Å². The number of aliphatic imine (C=N–C) groups is 1. The Morgan fingerprint density at radius 1 is 1.29 bits per heavy atom. The first-order valence-electron chi connectivity index (χ1n) is 6.91. The maximum absolute atomic E-state index is 5.80. The predicted molar refractivity (Wildman–Crippen MR) is 94.7 cm³/mol. The molecule has 0 saturated heterocycles. The molecule has 0 amide bonds. The Kier molecular flexibility index (Phi) is 5.60. The van der Waals surface area contributed by atoms with Gasteiger partial charge in [0, 0.05) is 17.8 Å². The minimum Gasteiger partial charge on any atom is -0.370 e. The zero-order valence-electron chi connectivity index (χ0n) is 11.8. The minimum absolute atomic E-state index is 0. The molecule has 2 aromatic rings. The molecule has 1 aliphatic rings. The second kappa shape index (κ2) is 7.44. The van der Waals surface area contributed by atoms with Crippen LogP contribution in [0.3, 0.4) is 0 Å². The molecule has 1 aromatic heterocycles. The number of nitrogens with two attached hydrogens (primary N) is 1. The molecule has 0 bridgehead atoms. The average Bonchev–Trinajstić information content (AvgIpc) is 3.15. The fraction of sp³-hybridized carbons (Fsp3) is 0.333. The molecule has 0 aliphatic heterocycles. The normalized spacial score (nSPS) is 14.6. The molecule has 112 valence electrons. The fourth-order valence-electron chi connectivity index (χ4n) is 2.00. The van der Waals surface area contributed by atoms with Gasteiger partial charge in [0.05, 0.1) is 19.3 Å². The smallest absolute Gasteiger partial charge is 0.189 e. The lowest BCUT2D eigenvalue weighted by Crippen LogP contribution is -2.33. The van der Waals surface area contributed by atoms with Gasteiger partial charge in [-0.15, -0.1) is 24.0 Å². The van der Waals surface area contributed by atoms with Crippen molar-refractivity contribution in [3.63, 3.8) is 0 Å². The van der Waals surface area contributed by atoms with Crippen molar-refractivity contribution in [1.82, 2.24) is 15.1 Å². The molecule has 1 fully saturated rings. The van der Waals surface area contributed by atoms with E-state index in [2.05, 4.69) is 27.5 Å². The molecular formula is C15H20IN5. The molecular weight excluding hydrogens is 377 g/mol. The number of halogens is 1. The van der Waals surface area contributed by atoms with Gasteiger partial charge in [0.2, 0.25) is 0 Å². The second-order valence-corrected chi connectivity index (χ2v) is 5.15. The molecule has 0 unspecified atom stereocenters. The van der Waals surface area contributed by atoms with E-state index in [9.17, 15) is 0 Å². The van der Waals surface area contributed by atoms with E-state index in [-0.39, 0.29) is 24.0 Å². The van der Waals surface area contributed by atoms with Gasteiger partial charge in [-0.1, -0.05) is 30.3 Å². The van der Waals surface area contributed by atoms with Crippen LogP contribution in [0.1, 0.15) is 24.0 Å². The Balaban J connectivity index is 0.00000161. The summed E-state index contributed by atoms with van der Waals surface area (Å²) in [5, 5.41) is 7.52. The third-order valence-corrected chi connectivity index (χ3v) is 3.24. The number of rotatable bonds is 5. The Labute approximate surface area is 141 Å².